The number of carbonyl (C=O) groups is 1. The van der Waals surface area contributed by atoms with Gasteiger partial charge in [-0.25, -0.2) is 4.98 Å². The van der Waals surface area contributed by atoms with Crippen molar-refractivity contribution < 1.29 is 4.79 Å². The molecule has 0 radical (unpaired) electrons. The molecule has 0 aliphatic carbocycles. The summed E-state index contributed by atoms with van der Waals surface area (Å²) in [5.41, 5.74) is 2.17. The molecule has 1 aromatic heterocycles. The average Bonchev–Trinajstić information content (AvgIpc) is 2.32. The summed E-state index contributed by atoms with van der Waals surface area (Å²) in [5.74, 6) is 0.675. The molecule has 0 spiro atoms. The highest BCUT2D eigenvalue weighted by Crippen LogP contribution is 2.17. The number of hydrogen-bond donors (Lipinski definition) is 2. The standard InChI is InChI=1S/C13H16N4O/c1-8-6-12(16-9(2)10(8)7-14)17-11-4-3-5-15-13(11)18/h6,11H,3-5H2,1-2H3,(H,15,18)(H,16,17). The molecule has 5 nitrogen and oxygen atoms in total. The lowest BCUT2D eigenvalue weighted by atomic mass is 10.1. The molecule has 5 heteroatoms. The van der Waals surface area contributed by atoms with Crippen LogP contribution in [0.1, 0.15) is 29.7 Å². The SMILES string of the molecule is Cc1cc(NC2CCCNC2=O)nc(C)c1C#N. The fourth-order valence-corrected chi connectivity index (χ4v) is 2.16. The van der Waals surface area contributed by atoms with Gasteiger partial charge in [0, 0.05) is 6.54 Å². The van der Waals surface area contributed by atoms with Crippen LogP contribution >= 0.6 is 0 Å². The fraction of sp³-hybridized carbons (Fsp3) is 0.462. The highest BCUT2D eigenvalue weighted by atomic mass is 16.2. The zero-order valence-electron chi connectivity index (χ0n) is 10.6. The van der Waals surface area contributed by atoms with E-state index in [2.05, 4.69) is 21.7 Å². The first-order chi connectivity index (χ1) is 8.61. The minimum absolute atomic E-state index is 0.0164. The number of aromatic nitrogens is 1. The Labute approximate surface area is 106 Å². The predicted octanol–water partition coefficient (Wildman–Crippen LogP) is 1.26. The van der Waals surface area contributed by atoms with Crippen molar-refractivity contribution >= 4 is 11.7 Å². The van der Waals surface area contributed by atoms with E-state index in [4.69, 9.17) is 5.26 Å². The van der Waals surface area contributed by atoms with Crippen molar-refractivity contribution in [3.05, 3.63) is 22.9 Å². The van der Waals surface area contributed by atoms with Crippen LogP contribution in [0, 0.1) is 25.2 Å². The number of nitrogens with one attached hydrogen (secondary N) is 2. The van der Waals surface area contributed by atoms with Crippen molar-refractivity contribution in [2.24, 2.45) is 0 Å². The van der Waals surface area contributed by atoms with Crippen molar-refractivity contribution in [2.45, 2.75) is 32.7 Å². The number of hydrogen-bond acceptors (Lipinski definition) is 4. The van der Waals surface area contributed by atoms with E-state index < -0.39 is 0 Å². The molecule has 1 aromatic rings. The molecule has 1 unspecified atom stereocenters. The summed E-state index contributed by atoms with van der Waals surface area (Å²) < 4.78 is 0. The van der Waals surface area contributed by atoms with Crippen molar-refractivity contribution in [2.75, 3.05) is 11.9 Å². The number of pyridine rings is 1. The second-order valence-corrected chi connectivity index (χ2v) is 4.53. The fourth-order valence-electron chi connectivity index (χ4n) is 2.16. The molecule has 1 aliphatic heterocycles. The van der Waals surface area contributed by atoms with Crippen LogP contribution in [-0.2, 0) is 4.79 Å². The minimum Gasteiger partial charge on any atom is -0.358 e. The number of anilines is 1. The van der Waals surface area contributed by atoms with Crippen LogP contribution in [0.15, 0.2) is 6.07 Å². The molecule has 2 N–H and O–H groups in total. The zero-order valence-corrected chi connectivity index (χ0v) is 10.6. The molecular weight excluding hydrogens is 228 g/mol. The number of piperidine rings is 1. The number of aryl methyl sites for hydroxylation is 2. The van der Waals surface area contributed by atoms with Gasteiger partial charge >= 0.3 is 0 Å². The summed E-state index contributed by atoms with van der Waals surface area (Å²) in [6, 6.07) is 3.72. The molecule has 0 aromatic carbocycles. The third-order valence-corrected chi connectivity index (χ3v) is 3.12. The molecule has 1 atom stereocenters. The molecule has 2 rings (SSSR count). The van der Waals surface area contributed by atoms with Crippen molar-refractivity contribution in [1.29, 1.82) is 5.26 Å². The van der Waals surface area contributed by atoms with Gasteiger partial charge < -0.3 is 10.6 Å². The molecular formula is C13H16N4O. The number of nitriles is 1. The summed E-state index contributed by atoms with van der Waals surface area (Å²) in [7, 11) is 0. The van der Waals surface area contributed by atoms with Crippen molar-refractivity contribution in [3.8, 4) is 6.07 Å². The Hall–Kier alpha value is -2.09. The Bertz CT molecular complexity index is 495. The monoisotopic (exact) mass is 244 g/mol. The third kappa shape index (κ3) is 2.43. The minimum atomic E-state index is -0.224. The molecule has 0 bridgehead atoms. The number of carbonyl (C=O) groups excluding carboxylic acids is 1. The van der Waals surface area contributed by atoms with Crippen molar-refractivity contribution in [3.63, 3.8) is 0 Å². The van der Waals surface area contributed by atoms with Gasteiger partial charge in [-0.1, -0.05) is 0 Å². The number of rotatable bonds is 2. The van der Waals surface area contributed by atoms with Gasteiger partial charge in [0.15, 0.2) is 0 Å². The third-order valence-electron chi connectivity index (χ3n) is 3.12. The lowest BCUT2D eigenvalue weighted by Gasteiger charge is -2.23. The van der Waals surface area contributed by atoms with Gasteiger partial charge in [0.1, 0.15) is 17.9 Å². The molecule has 1 aliphatic rings. The first-order valence-electron chi connectivity index (χ1n) is 6.04. The maximum Gasteiger partial charge on any atom is 0.242 e. The van der Waals surface area contributed by atoms with Gasteiger partial charge in [-0.05, 0) is 38.3 Å². The first-order valence-corrected chi connectivity index (χ1v) is 6.04. The van der Waals surface area contributed by atoms with Crippen LogP contribution in [0.2, 0.25) is 0 Å². The Kier molecular flexibility index (Phi) is 3.47. The summed E-state index contributed by atoms with van der Waals surface area (Å²) >= 11 is 0. The van der Waals surface area contributed by atoms with Crippen LogP contribution in [0.25, 0.3) is 0 Å². The van der Waals surface area contributed by atoms with E-state index >= 15 is 0 Å². The van der Waals surface area contributed by atoms with Crippen LogP contribution in [0.4, 0.5) is 5.82 Å². The van der Waals surface area contributed by atoms with E-state index in [0.717, 1.165) is 24.9 Å². The topological polar surface area (TPSA) is 77.8 Å². The van der Waals surface area contributed by atoms with Crippen LogP contribution in [0.5, 0.6) is 0 Å². The molecule has 2 heterocycles. The quantitative estimate of drug-likeness (QED) is 0.821. The second kappa shape index (κ2) is 5.05. The normalized spacial score (nSPS) is 18.9. The van der Waals surface area contributed by atoms with Gasteiger partial charge in [-0.2, -0.15) is 5.26 Å². The van der Waals surface area contributed by atoms with Gasteiger partial charge in [-0.3, -0.25) is 4.79 Å². The summed E-state index contributed by atoms with van der Waals surface area (Å²) in [4.78, 5) is 16.0. The molecule has 18 heavy (non-hydrogen) atoms. The Morgan fingerprint density at radius 2 is 2.33 bits per heavy atom. The van der Waals surface area contributed by atoms with E-state index in [1.807, 2.05) is 13.0 Å². The van der Waals surface area contributed by atoms with Crippen LogP contribution in [-0.4, -0.2) is 23.5 Å². The molecule has 1 saturated heterocycles. The number of amides is 1. The van der Waals surface area contributed by atoms with E-state index in [1.165, 1.54) is 0 Å². The van der Waals surface area contributed by atoms with Gasteiger partial charge in [-0.15, -0.1) is 0 Å². The van der Waals surface area contributed by atoms with E-state index in [0.29, 0.717) is 17.1 Å². The smallest absolute Gasteiger partial charge is 0.242 e. The zero-order chi connectivity index (χ0) is 13.1. The maximum atomic E-state index is 11.6. The largest absolute Gasteiger partial charge is 0.358 e. The second-order valence-electron chi connectivity index (χ2n) is 4.53. The Balaban J connectivity index is 2.20. The van der Waals surface area contributed by atoms with Crippen LogP contribution < -0.4 is 10.6 Å². The van der Waals surface area contributed by atoms with Crippen molar-refractivity contribution in [1.82, 2.24) is 10.3 Å². The van der Waals surface area contributed by atoms with Gasteiger partial charge in [0.2, 0.25) is 5.91 Å². The van der Waals surface area contributed by atoms with E-state index in [9.17, 15) is 4.79 Å². The maximum absolute atomic E-state index is 11.6. The first kappa shape index (κ1) is 12.4. The van der Waals surface area contributed by atoms with Gasteiger partial charge in [0.05, 0.1) is 11.3 Å². The lowest BCUT2D eigenvalue weighted by molar-refractivity contribution is -0.123. The lowest BCUT2D eigenvalue weighted by Crippen LogP contribution is -2.44. The molecule has 94 valence electrons. The summed E-state index contributed by atoms with van der Waals surface area (Å²) in [5, 5.41) is 14.9. The predicted molar refractivity (Wildman–Crippen MR) is 68.1 cm³/mol. The summed E-state index contributed by atoms with van der Waals surface area (Å²) in [6.07, 6.45) is 1.78. The Morgan fingerprint density at radius 3 is 2.94 bits per heavy atom. The summed E-state index contributed by atoms with van der Waals surface area (Å²) in [6.45, 7) is 4.42. The molecule has 0 saturated carbocycles. The van der Waals surface area contributed by atoms with Crippen LogP contribution in [0.3, 0.4) is 0 Å². The highest BCUT2D eigenvalue weighted by Gasteiger charge is 2.22. The number of nitrogens with zero attached hydrogens (tertiary/aromatic N) is 2. The Morgan fingerprint density at radius 1 is 1.56 bits per heavy atom. The molecule has 1 amide bonds. The highest BCUT2D eigenvalue weighted by molar-refractivity contribution is 5.85. The van der Waals surface area contributed by atoms with E-state index in [1.54, 1.807) is 6.92 Å². The van der Waals surface area contributed by atoms with Gasteiger partial charge in [0.25, 0.3) is 0 Å². The molecule has 1 fully saturated rings. The van der Waals surface area contributed by atoms with E-state index in [-0.39, 0.29) is 11.9 Å². The average molecular weight is 244 g/mol.